The van der Waals surface area contributed by atoms with E-state index in [1.54, 1.807) is 31.3 Å². The van der Waals surface area contributed by atoms with Crippen LogP contribution in [0, 0.1) is 17.6 Å². The van der Waals surface area contributed by atoms with Gasteiger partial charge in [-0.2, -0.15) is 32.1 Å². The molecule has 0 saturated carbocycles. The molecule has 0 radical (unpaired) electrons. The maximum atomic E-state index is 15.5. The number of nitrogens with zero attached hydrogens (tertiary/aromatic N) is 6. The molecule has 0 aliphatic heterocycles. The fraction of sp³-hybridized carbons (Fsp3) is 0.265. The van der Waals surface area contributed by atoms with Gasteiger partial charge >= 0.3 is 6.18 Å². The lowest BCUT2D eigenvalue weighted by atomic mass is 9.81. The van der Waals surface area contributed by atoms with Crippen molar-refractivity contribution in [1.82, 2.24) is 34.8 Å². The lowest BCUT2D eigenvalue weighted by molar-refractivity contribution is -0.142. The number of nitrogens with one attached hydrogen (secondary N) is 2. The highest BCUT2D eigenvalue weighted by atomic mass is 79.9. The molecule has 2 aliphatic rings. The number of amides is 1. The smallest absolute Gasteiger partial charge is 0.346 e. The monoisotopic (exact) mass is 868 g/mol. The summed E-state index contributed by atoms with van der Waals surface area (Å²) in [6.45, 7) is -1.07. The minimum atomic E-state index is -5.09. The first-order valence-electron chi connectivity index (χ1n) is 16.2. The molecule has 11 nitrogen and oxygen atoms in total. The van der Waals surface area contributed by atoms with Crippen LogP contribution in [-0.4, -0.2) is 50.1 Å². The summed E-state index contributed by atoms with van der Waals surface area (Å²) in [5.74, 6) is -9.42. The Morgan fingerprint density at radius 1 is 1.05 bits per heavy atom. The summed E-state index contributed by atoms with van der Waals surface area (Å²) in [6.07, 6.45) is -2.12. The molecule has 286 valence electrons. The maximum absolute atomic E-state index is 15.5. The maximum Gasteiger partial charge on any atom is 0.435 e. The summed E-state index contributed by atoms with van der Waals surface area (Å²) < 4.78 is 132. The Kier molecular flexibility index (Phi) is 8.65. The van der Waals surface area contributed by atoms with Crippen LogP contribution >= 0.6 is 27.3 Å². The van der Waals surface area contributed by atoms with Crippen molar-refractivity contribution < 1.29 is 43.9 Å². The van der Waals surface area contributed by atoms with Gasteiger partial charge in [-0.15, -0.1) is 11.3 Å². The summed E-state index contributed by atoms with van der Waals surface area (Å²) >= 11 is 4.55. The zero-order chi connectivity index (χ0) is 39.4. The molecule has 4 aromatic heterocycles. The van der Waals surface area contributed by atoms with Gasteiger partial charge in [-0.3, -0.25) is 18.9 Å². The summed E-state index contributed by atoms with van der Waals surface area (Å²) in [5, 5.41) is 10.8. The number of sulfonamides is 1. The fourth-order valence-electron chi connectivity index (χ4n) is 7.27. The van der Waals surface area contributed by atoms with Crippen LogP contribution in [0.15, 0.2) is 58.5 Å². The first kappa shape index (κ1) is 37.1. The number of carbonyl (C=O) groups excluding carboxylic acids is 1. The van der Waals surface area contributed by atoms with Crippen LogP contribution in [0.2, 0.25) is 0 Å². The number of fused-ring (bicyclic) bond motifs is 5. The average Bonchev–Trinajstić information content (AvgIpc) is 3.73. The van der Waals surface area contributed by atoms with Crippen molar-refractivity contribution in [2.24, 2.45) is 13.0 Å². The number of halogens is 8. The van der Waals surface area contributed by atoms with Gasteiger partial charge in [0, 0.05) is 41.1 Å². The number of para-hydroxylation sites is 1. The van der Waals surface area contributed by atoms with Crippen molar-refractivity contribution in [3.8, 4) is 11.1 Å². The topological polar surface area (TPSA) is 137 Å². The van der Waals surface area contributed by atoms with Gasteiger partial charge in [-0.25, -0.2) is 27.2 Å². The molecule has 2 aromatic carbocycles. The van der Waals surface area contributed by atoms with E-state index in [-0.39, 0.29) is 29.1 Å². The molecule has 0 saturated heterocycles. The second kappa shape index (κ2) is 12.8. The molecule has 2 N–H and O–H groups in total. The summed E-state index contributed by atoms with van der Waals surface area (Å²) in [5.41, 5.74) is -1.75. The Bertz CT molecular complexity index is 2710. The van der Waals surface area contributed by atoms with Gasteiger partial charge in [0.15, 0.2) is 21.1 Å². The van der Waals surface area contributed by atoms with Crippen LogP contribution in [0.1, 0.15) is 40.2 Å². The minimum absolute atomic E-state index is 0.0171. The van der Waals surface area contributed by atoms with Crippen LogP contribution in [0.4, 0.5) is 36.6 Å². The molecule has 6 aromatic rings. The third-order valence-corrected chi connectivity index (χ3v) is 11.4. The molecule has 0 spiro atoms. The van der Waals surface area contributed by atoms with Gasteiger partial charge < -0.3 is 5.32 Å². The second-order valence-corrected chi connectivity index (χ2v) is 17.2. The van der Waals surface area contributed by atoms with Crippen molar-refractivity contribution in [1.29, 1.82) is 0 Å². The number of thiazole rings is 1. The van der Waals surface area contributed by atoms with Crippen molar-refractivity contribution in [2.75, 3.05) is 11.0 Å². The molecule has 55 heavy (non-hydrogen) atoms. The molecular formula is C34H24BrF7N8O3S2. The van der Waals surface area contributed by atoms with E-state index in [0.717, 1.165) is 24.5 Å². The van der Waals surface area contributed by atoms with Crippen molar-refractivity contribution in [2.45, 2.75) is 37.0 Å². The van der Waals surface area contributed by atoms with Crippen molar-refractivity contribution in [3.63, 3.8) is 0 Å². The summed E-state index contributed by atoms with van der Waals surface area (Å²) in [7, 11) is -2.19. The van der Waals surface area contributed by atoms with Gasteiger partial charge in [0.1, 0.15) is 23.9 Å². The normalized spacial score (nSPS) is 18.0. The van der Waals surface area contributed by atoms with Gasteiger partial charge in [0.05, 0.1) is 34.1 Å². The summed E-state index contributed by atoms with van der Waals surface area (Å²) in [6, 6.07) is 7.98. The van der Waals surface area contributed by atoms with Crippen LogP contribution in [0.5, 0.6) is 0 Å². The van der Waals surface area contributed by atoms with Crippen LogP contribution in [0.25, 0.3) is 32.4 Å². The number of allylic oxidation sites excluding steroid dienone is 2. The number of rotatable bonds is 9. The summed E-state index contributed by atoms with van der Waals surface area (Å²) in [4.78, 5) is 23.0. The van der Waals surface area contributed by atoms with E-state index in [2.05, 4.69) is 41.2 Å². The van der Waals surface area contributed by atoms with E-state index < -0.39 is 81.0 Å². The predicted octanol–water partition coefficient (Wildman–Crippen LogP) is 7.35. The molecule has 0 fully saturated rings. The predicted molar refractivity (Wildman–Crippen MR) is 191 cm³/mol. The van der Waals surface area contributed by atoms with Crippen LogP contribution in [0.3, 0.4) is 0 Å². The molecule has 0 unspecified atom stereocenters. The highest BCUT2D eigenvalue weighted by Crippen LogP contribution is 2.60. The molecule has 3 atom stereocenters. The first-order chi connectivity index (χ1) is 25.8. The highest BCUT2D eigenvalue weighted by Gasteiger charge is 2.61. The Hall–Kier alpha value is -4.89. The second-order valence-electron chi connectivity index (χ2n) is 13.2. The number of aryl methyl sites for hydroxylation is 1. The van der Waals surface area contributed by atoms with E-state index in [9.17, 15) is 35.2 Å². The SMILES string of the molecule is Cn1nc(NS(C)(=O)=O)c2cccc(-c3cc4sc(Br)nc4nc3[C@H](Cc3cc(F)cc(F)c3)NC(=O)Cn3nc(C(F)(F)F)c4c3C(F)(F)[C@@H]3C=C[C@H]43)c21. The number of pyridine rings is 1. The standard InChI is InChI=1S/C34H24BrF7N8O3S2/c1-49-27-17(4-3-5-19(27)30(47-49)48-55(2,52)53)20-12-23-31(45-32(35)54-23)44-26(20)22(10-14-8-15(36)11-16(37)9-14)43-24(51)13-50-29-25(28(46-50)34(40,41)42)18-6-7-21(18)33(29,38)39/h3-9,11-12,18,21-22H,10,13H2,1-2H3,(H,43,51)(H,47,48)/t18-,21+,22-/m0/s1. The van der Waals surface area contributed by atoms with E-state index >= 15 is 8.78 Å². The zero-order valence-electron chi connectivity index (χ0n) is 28.1. The van der Waals surface area contributed by atoms with Crippen LogP contribution in [-0.2, 0) is 46.9 Å². The molecule has 21 heteroatoms. The Morgan fingerprint density at radius 2 is 1.78 bits per heavy atom. The Morgan fingerprint density at radius 3 is 2.44 bits per heavy atom. The quantitative estimate of drug-likeness (QED) is 0.115. The first-order valence-corrected chi connectivity index (χ1v) is 19.7. The van der Waals surface area contributed by atoms with E-state index in [1.165, 1.54) is 22.1 Å². The fourth-order valence-corrected chi connectivity index (χ4v) is 9.14. The number of aromatic nitrogens is 6. The van der Waals surface area contributed by atoms with Gasteiger partial charge in [0.25, 0.3) is 5.92 Å². The number of benzene rings is 2. The number of hydrogen-bond acceptors (Lipinski definition) is 8. The van der Waals surface area contributed by atoms with Gasteiger partial charge in [-0.05, 0) is 52.2 Å². The third-order valence-electron chi connectivity index (χ3n) is 9.38. The number of alkyl halides is 5. The Balaban J connectivity index is 1.27. The highest BCUT2D eigenvalue weighted by molar-refractivity contribution is 9.11. The lowest BCUT2D eigenvalue weighted by Crippen LogP contribution is -2.36. The Labute approximate surface area is 318 Å². The molecule has 2 aliphatic carbocycles. The van der Waals surface area contributed by atoms with E-state index in [0.29, 0.717) is 41.4 Å². The number of hydrogen-bond donors (Lipinski definition) is 2. The lowest BCUT2D eigenvalue weighted by Gasteiger charge is -2.27. The van der Waals surface area contributed by atoms with Crippen molar-refractivity contribution >= 4 is 70.3 Å². The zero-order valence-corrected chi connectivity index (χ0v) is 31.3. The van der Waals surface area contributed by atoms with Gasteiger partial charge in [0.2, 0.25) is 15.9 Å². The third kappa shape index (κ3) is 6.54. The molecule has 4 heterocycles. The van der Waals surface area contributed by atoms with E-state index in [4.69, 9.17) is 4.98 Å². The van der Waals surface area contributed by atoms with E-state index in [1.807, 2.05) is 0 Å². The molecular weight excluding hydrogens is 845 g/mol. The number of carbonyl (C=O) groups is 1. The molecule has 1 amide bonds. The van der Waals surface area contributed by atoms with Crippen LogP contribution < -0.4 is 10.0 Å². The van der Waals surface area contributed by atoms with Gasteiger partial charge in [-0.1, -0.05) is 24.3 Å². The molecule has 0 bridgehead atoms. The van der Waals surface area contributed by atoms with Crippen molar-refractivity contribution in [3.05, 3.63) is 98.4 Å². The minimum Gasteiger partial charge on any atom is -0.346 e. The largest absolute Gasteiger partial charge is 0.435 e. The number of anilines is 1. The average molecular weight is 870 g/mol. The molecule has 8 rings (SSSR count).